The number of amides is 1. The minimum Gasteiger partial charge on any atom is -0.481 e. The standard InChI is InChI=1S/C14H17ClN2O4/c1-2-21-13-10(15)6-8(7-16-13)12(18)17-11-5-3-4-9(11)14(19)20/h6-7,9,11H,2-5H2,1H3,(H,17,18)(H,19,20)/t9-,11+/m0/s1. The van der Waals surface area contributed by atoms with Crippen LogP contribution in [0.3, 0.4) is 0 Å². The molecule has 2 atom stereocenters. The van der Waals surface area contributed by atoms with Crippen LogP contribution < -0.4 is 10.1 Å². The van der Waals surface area contributed by atoms with E-state index in [9.17, 15) is 9.59 Å². The summed E-state index contributed by atoms with van der Waals surface area (Å²) >= 11 is 5.99. The number of carbonyl (C=O) groups excluding carboxylic acids is 1. The molecule has 0 bridgehead atoms. The number of pyridine rings is 1. The van der Waals surface area contributed by atoms with Crippen molar-refractivity contribution in [2.24, 2.45) is 5.92 Å². The molecule has 1 aromatic rings. The van der Waals surface area contributed by atoms with Gasteiger partial charge in [0.2, 0.25) is 5.88 Å². The SMILES string of the molecule is CCOc1ncc(C(=O)N[C@@H]2CCC[C@@H]2C(=O)O)cc1Cl. The molecule has 1 amide bonds. The Hall–Kier alpha value is -1.82. The second-order valence-electron chi connectivity index (χ2n) is 4.90. The Labute approximate surface area is 127 Å². The van der Waals surface area contributed by atoms with Crippen molar-refractivity contribution in [3.8, 4) is 5.88 Å². The number of carboxylic acid groups (broad SMARTS) is 1. The Bertz CT molecular complexity index is 550. The van der Waals surface area contributed by atoms with Crippen LogP contribution in [0.2, 0.25) is 5.02 Å². The van der Waals surface area contributed by atoms with Crippen molar-refractivity contribution in [2.45, 2.75) is 32.2 Å². The number of halogens is 1. The first-order chi connectivity index (χ1) is 10.0. The highest BCUT2D eigenvalue weighted by molar-refractivity contribution is 6.32. The topological polar surface area (TPSA) is 88.5 Å². The minimum absolute atomic E-state index is 0.255. The van der Waals surface area contributed by atoms with E-state index in [1.165, 1.54) is 12.3 Å². The predicted molar refractivity (Wildman–Crippen MR) is 76.6 cm³/mol. The zero-order valence-corrected chi connectivity index (χ0v) is 12.4. The highest BCUT2D eigenvalue weighted by Gasteiger charge is 2.34. The van der Waals surface area contributed by atoms with Gasteiger partial charge in [-0.05, 0) is 25.8 Å². The number of hydrogen-bond acceptors (Lipinski definition) is 4. The van der Waals surface area contributed by atoms with Crippen LogP contribution in [-0.4, -0.2) is 34.6 Å². The predicted octanol–water partition coefficient (Wildman–Crippen LogP) is 2.12. The van der Waals surface area contributed by atoms with Crippen LogP contribution in [0.4, 0.5) is 0 Å². The molecule has 6 nitrogen and oxygen atoms in total. The molecule has 0 spiro atoms. The summed E-state index contributed by atoms with van der Waals surface area (Å²) in [6.07, 6.45) is 3.42. The van der Waals surface area contributed by atoms with Crippen LogP contribution in [-0.2, 0) is 4.79 Å². The molecule has 2 rings (SSSR count). The third-order valence-electron chi connectivity index (χ3n) is 3.50. The van der Waals surface area contributed by atoms with Crippen molar-refractivity contribution >= 4 is 23.5 Å². The number of carbonyl (C=O) groups is 2. The van der Waals surface area contributed by atoms with Gasteiger partial charge >= 0.3 is 5.97 Å². The number of ether oxygens (including phenoxy) is 1. The first-order valence-electron chi connectivity index (χ1n) is 6.85. The zero-order valence-electron chi connectivity index (χ0n) is 11.6. The molecule has 2 N–H and O–H groups in total. The van der Waals surface area contributed by atoms with Gasteiger partial charge in [0.15, 0.2) is 0 Å². The normalized spacial score (nSPS) is 21.0. The van der Waals surface area contributed by atoms with Crippen LogP contribution in [0.5, 0.6) is 5.88 Å². The number of aliphatic carboxylic acids is 1. The molecule has 7 heteroatoms. The van der Waals surface area contributed by atoms with E-state index in [2.05, 4.69) is 10.3 Å². The fourth-order valence-electron chi connectivity index (χ4n) is 2.47. The maximum absolute atomic E-state index is 12.1. The summed E-state index contributed by atoms with van der Waals surface area (Å²) in [5.41, 5.74) is 0.291. The van der Waals surface area contributed by atoms with Gasteiger partial charge in [0.05, 0.1) is 18.1 Å². The van der Waals surface area contributed by atoms with Crippen LogP contribution in [0.25, 0.3) is 0 Å². The second-order valence-corrected chi connectivity index (χ2v) is 5.31. The first-order valence-corrected chi connectivity index (χ1v) is 7.22. The van der Waals surface area contributed by atoms with Crippen molar-refractivity contribution in [2.75, 3.05) is 6.61 Å². The summed E-state index contributed by atoms with van der Waals surface area (Å²) in [4.78, 5) is 27.2. The average molecular weight is 313 g/mol. The van der Waals surface area contributed by atoms with Gasteiger partial charge in [0.1, 0.15) is 5.02 Å². The lowest BCUT2D eigenvalue weighted by atomic mass is 10.0. The van der Waals surface area contributed by atoms with Crippen molar-refractivity contribution < 1.29 is 19.4 Å². The number of carboxylic acids is 1. The molecular formula is C14H17ClN2O4. The van der Waals surface area contributed by atoms with Crippen molar-refractivity contribution in [1.82, 2.24) is 10.3 Å². The number of rotatable bonds is 5. The van der Waals surface area contributed by atoms with Gasteiger partial charge < -0.3 is 15.2 Å². The summed E-state index contributed by atoms with van der Waals surface area (Å²) in [7, 11) is 0. The summed E-state index contributed by atoms with van der Waals surface area (Å²) in [6, 6.07) is 1.12. The molecule has 1 heterocycles. The molecule has 0 radical (unpaired) electrons. The molecule has 0 aliphatic heterocycles. The van der Waals surface area contributed by atoms with E-state index in [1.54, 1.807) is 0 Å². The van der Waals surface area contributed by atoms with Gasteiger partial charge in [0, 0.05) is 12.2 Å². The van der Waals surface area contributed by atoms with Crippen LogP contribution in [0.1, 0.15) is 36.5 Å². The molecule has 1 saturated carbocycles. The lowest BCUT2D eigenvalue weighted by Gasteiger charge is -2.17. The van der Waals surface area contributed by atoms with E-state index in [-0.39, 0.29) is 22.9 Å². The van der Waals surface area contributed by atoms with Crippen molar-refractivity contribution in [1.29, 1.82) is 0 Å². The van der Waals surface area contributed by atoms with Crippen LogP contribution >= 0.6 is 11.6 Å². The molecule has 0 unspecified atom stereocenters. The second kappa shape index (κ2) is 6.76. The zero-order chi connectivity index (χ0) is 15.4. The highest BCUT2D eigenvalue weighted by Crippen LogP contribution is 2.27. The number of nitrogens with zero attached hydrogens (tertiary/aromatic N) is 1. The molecule has 1 aliphatic carbocycles. The molecule has 1 aromatic heterocycles. The molecule has 1 fully saturated rings. The minimum atomic E-state index is -0.874. The Kier molecular flexibility index (Phi) is 5.01. The molecule has 0 saturated heterocycles. The molecule has 0 aromatic carbocycles. The quantitative estimate of drug-likeness (QED) is 0.869. The fraction of sp³-hybridized carbons (Fsp3) is 0.500. The lowest BCUT2D eigenvalue weighted by Crippen LogP contribution is -2.40. The lowest BCUT2D eigenvalue weighted by molar-refractivity contribution is -0.142. The maximum Gasteiger partial charge on any atom is 0.308 e. The van der Waals surface area contributed by atoms with Gasteiger partial charge in [-0.25, -0.2) is 4.98 Å². The molecule has 21 heavy (non-hydrogen) atoms. The van der Waals surface area contributed by atoms with Gasteiger partial charge in [-0.15, -0.1) is 0 Å². The van der Waals surface area contributed by atoms with E-state index < -0.39 is 11.9 Å². The Morgan fingerprint density at radius 3 is 2.90 bits per heavy atom. The summed E-state index contributed by atoms with van der Waals surface area (Å²) in [6.45, 7) is 2.24. The Balaban J connectivity index is 2.06. The summed E-state index contributed by atoms with van der Waals surface area (Å²) in [5.74, 6) is -1.49. The average Bonchev–Trinajstić information content (AvgIpc) is 2.89. The number of hydrogen-bond donors (Lipinski definition) is 2. The Morgan fingerprint density at radius 2 is 2.29 bits per heavy atom. The third-order valence-corrected chi connectivity index (χ3v) is 3.77. The van der Waals surface area contributed by atoms with Crippen molar-refractivity contribution in [3.05, 3.63) is 22.8 Å². The number of nitrogens with one attached hydrogen (secondary N) is 1. The van der Waals surface area contributed by atoms with Crippen molar-refractivity contribution in [3.63, 3.8) is 0 Å². The van der Waals surface area contributed by atoms with E-state index in [0.29, 0.717) is 25.0 Å². The molecular weight excluding hydrogens is 296 g/mol. The van der Waals surface area contributed by atoms with Gasteiger partial charge in [-0.1, -0.05) is 18.0 Å². The molecule has 1 aliphatic rings. The third kappa shape index (κ3) is 3.64. The molecule has 114 valence electrons. The summed E-state index contributed by atoms with van der Waals surface area (Å²) < 4.78 is 5.20. The summed E-state index contributed by atoms with van der Waals surface area (Å²) in [5, 5.41) is 12.1. The van der Waals surface area contributed by atoms with Crippen LogP contribution in [0, 0.1) is 5.92 Å². The fourth-order valence-corrected chi connectivity index (χ4v) is 2.69. The van der Waals surface area contributed by atoms with Gasteiger partial charge in [0.25, 0.3) is 5.91 Å². The van der Waals surface area contributed by atoms with Crippen LogP contribution in [0.15, 0.2) is 12.3 Å². The number of aromatic nitrogens is 1. The first kappa shape index (κ1) is 15.6. The monoisotopic (exact) mass is 312 g/mol. The van der Waals surface area contributed by atoms with E-state index in [4.69, 9.17) is 21.4 Å². The smallest absolute Gasteiger partial charge is 0.308 e. The van der Waals surface area contributed by atoms with E-state index in [0.717, 1.165) is 6.42 Å². The van der Waals surface area contributed by atoms with E-state index >= 15 is 0 Å². The maximum atomic E-state index is 12.1. The highest BCUT2D eigenvalue weighted by atomic mass is 35.5. The van der Waals surface area contributed by atoms with Gasteiger partial charge in [-0.2, -0.15) is 0 Å². The van der Waals surface area contributed by atoms with Gasteiger partial charge in [-0.3, -0.25) is 9.59 Å². The Morgan fingerprint density at radius 1 is 1.52 bits per heavy atom. The van der Waals surface area contributed by atoms with E-state index in [1.807, 2.05) is 6.92 Å². The largest absolute Gasteiger partial charge is 0.481 e.